The maximum Gasteiger partial charge on any atom is 0.240 e. The van der Waals surface area contributed by atoms with E-state index in [1.54, 1.807) is 0 Å². The summed E-state index contributed by atoms with van der Waals surface area (Å²) < 4.78 is 0. The molecule has 1 aliphatic heterocycles. The molecule has 0 spiro atoms. The van der Waals surface area contributed by atoms with Crippen molar-refractivity contribution < 1.29 is 4.79 Å². The summed E-state index contributed by atoms with van der Waals surface area (Å²) in [6, 6.07) is 2.82. The van der Waals surface area contributed by atoms with Crippen molar-refractivity contribution in [1.29, 1.82) is 5.26 Å². The van der Waals surface area contributed by atoms with Crippen LogP contribution in [0, 0.1) is 17.2 Å². The van der Waals surface area contributed by atoms with E-state index in [9.17, 15) is 4.79 Å². The number of carbonyl (C=O) groups excluding carboxylic acids is 1. The molecule has 90 valence electrons. The van der Waals surface area contributed by atoms with E-state index >= 15 is 0 Å². The number of rotatable bonds is 4. The Kier molecular flexibility index (Phi) is 4.79. The SMILES string of the molecule is CCCC(C#N)C(=O)N1C(C)CCC1CC. The fraction of sp³-hybridized carbons (Fsp3) is 0.846. The van der Waals surface area contributed by atoms with E-state index in [2.05, 4.69) is 19.9 Å². The number of hydrogen-bond acceptors (Lipinski definition) is 2. The fourth-order valence-corrected chi connectivity index (χ4v) is 2.58. The van der Waals surface area contributed by atoms with Crippen LogP contribution >= 0.6 is 0 Å². The second-order valence-corrected chi connectivity index (χ2v) is 4.70. The van der Waals surface area contributed by atoms with Gasteiger partial charge in [0, 0.05) is 12.1 Å². The highest BCUT2D eigenvalue weighted by Gasteiger charge is 2.36. The third kappa shape index (κ3) is 2.55. The molecule has 0 aromatic rings. The van der Waals surface area contributed by atoms with Gasteiger partial charge in [-0.2, -0.15) is 5.26 Å². The number of nitrogens with zero attached hydrogens (tertiary/aromatic N) is 2. The van der Waals surface area contributed by atoms with Gasteiger partial charge in [-0.25, -0.2) is 0 Å². The zero-order chi connectivity index (χ0) is 12.1. The van der Waals surface area contributed by atoms with Gasteiger partial charge in [0.05, 0.1) is 6.07 Å². The Morgan fingerprint density at radius 1 is 1.50 bits per heavy atom. The maximum atomic E-state index is 12.2. The summed E-state index contributed by atoms with van der Waals surface area (Å²) in [4.78, 5) is 14.2. The smallest absolute Gasteiger partial charge is 0.240 e. The second-order valence-electron chi connectivity index (χ2n) is 4.70. The van der Waals surface area contributed by atoms with Crippen LogP contribution in [0.3, 0.4) is 0 Å². The summed E-state index contributed by atoms with van der Waals surface area (Å²) >= 11 is 0. The first-order valence-electron chi connectivity index (χ1n) is 6.37. The molecular formula is C13H22N2O. The van der Waals surface area contributed by atoms with Crippen LogP contribution < -0.4 is 0 Å². The highest BCUT2D eigenvalue weighted by Crippen LogP contribution is 2.28. The Hall–Kier alpha value is -1.04. The molecule has 3 atom stereocenters. The normalized spacial score (nSPS) is 26.5. The molecule has 3 unspecified atom stereocenters. The van der Waals surface area contributed by atoms with E-state index in [4.69, 9.17) is 5.26 Å². The molecule has 1 rings (SSSR count). The summed E-state index contributed by atoms with van der Waals surface area (Å²) in [5.41, 5.74) is 0. The number of likely N-dealkylation sites (tertiary alicyclic amines) is 1. The average molecular weight is 222 g/mol. The number of hydrogen-bond donors (Lipinski definition) is 0. The molecule has 3 nitrogen and oxygen atoms in total. The summed E-state index contributed by atoms with van der Waals surface area (Å²) in [6.45, 7) is 6.22. The molecule has 0 aromatic heterocycles. The minimum absolute atomic E-state index is 0.0567. The number of nitriles is 1. The third-order valence-electron chi connectivity index (χ3n) is 3.54. The Morgan fingerprint density at radius 3 is 2.69 bits per heavy atom. The van der Waals surface area contributed by atoms with Crippen molar-refractivity contribution >= 4 is 5.91 Å². The molecule has 0 bridgehead atoms. The predicted octanol–water partition coefficient (Wildman–Crippen LogP) is 2.72. The van der Waals surface area contributed by atoms with E-state index < -0.39 is 5.92 Å². The van der Waals surface area contributed by atoms with E-state index in [1.807, 2.05) is 11.8 Å². The number of carbonyl (C=O) groups is 1. The van der Waals surface area contributed by atoms with Gasteiger partial charge < -0.3 is 4.90 Å². The molecule has 1 saturated heterocycles. The van der Waals surface area contributed by atoms with Crippen LogP contribution in [0.2, 0.25) is 0 Å². The first-order chi connectivity index (χ1) is 7.65. The lowest BCUT2D eigenvalue weighted by Gasteiger charge is -2.29. The molecule has 0 aliphatic carbocycles. The van der Waals surface area contributed by atoms with Crippen molar-refractivity contribution in [2.75, 3.05) is 0 Å². The summed E-state index contributed by atoms with van der Waals surface area (Å²) in [7, 11) is 0. The van der Waals surface area contributed by atoms with Crippen LogP contribution in [0.15, 0.2) is 0 Å². The molecule has 0 aromatic carbocycles. The average Bonchev–Trinajstić information content (AvgIpc) is 2.66. The van der Waals surface area contributed by atoms with Gasteiger partial charge in [0.1, 0.15) is 5.92 Å². The van der Waals surface area contributed by atoms with Crippen LogP contribution in [0.1, 0.15) is 52.9 Å². The lowest BCUT2D eigenvalue weighted by molar-refractivity contribution is -0.136. The standard InChI is InChI=1S/C13H22N2O/c1-4-6-11(9-14)13(16)15-10(3)7-8-12(15)5-2/h10-12H,4-8H2,1-3H3. The van der Waals surface area contributed by atoms with Gasteiger partial charge in [-0.1, -0.05) is 20.3 Å². The van der Waals surface area contributed by atoms with E-state index in [1.165, 1.54) is 0 Å². The highest BCUT2D eigenvalue weighted by molar-refractivity contribution is 5.82. The van der Waals surface area contributed by atoms with E-state index in [0.717, 1.165) is 25.7 Å². The monoisotopic (exact) mass is 222 g/mol. The Balaban J connectivity index is 2.74. The molecule has 3 heteroatoms. The topological polar surface area (TPSA) is 44.1 Å². The van der Waals surface area contributed by atoms with Crippen LogP contribution in [-0.4, -0.2) is 22.9 Å². The van der Waals surface area contributed by atoms with E-state index in [0.29, 0.717) is 18.5 Å². The quantitative estimate of drug-likeness (QED) is 0.734. The van der Waals surface area contributed by atoms with Crippen LogP contribution in [0.4, 0.5) is 0 Å². The van der Waals surface area contributed by atoms with Crippen LogP contribution in [-0.2, 0) is 4.79 Å². The second kappa shape index (κ2) is 5.89. The van der Waals surface area contributed by atoms with E-state index in [-0.39, 0.29) is 5.91 Å². The highest BCUT2D eigenvalue weighted by atomic mass is 16.2. The molecule has 0 saturated carbocycles. The van der Waals surface area contributed by atoms with Gasteiger partial charge in [-0.3, -0.25) is 4.79 Å². The van der Waals surface area contributed by atoms with Crippen LogP contribution in [0.25, 0.3) is 0 Å². The van der Waals surface area contributed by atoms with Gasteiger partial charge in [0.15, 0.2) is 0 Å². The van der Waals surface area contributed by atoms with Gasteiger partial charge in [-0.05, 0) is 32.6 Å². The maximum absolute atomic E-state index is 12.2. The molecule has 1 fully saturated rings. The molecule has 0 N–H and O–H groups in total. The van der Waals surface area contributed by atoms with Gasteiger partial charge in [0.25, 0.3) is 0 Å². The molecule has 0 radical (unpaired) electrons. The van der Waals surface area contributed by atoms with Crippen LogP contribution in [0.5, 0.6) is 0 Å². The molecule has 1 amide bonds. The minimum atomic E-state index is -0.431. The van der Waals surface area contributed by atoms with Gasteiger partial charge >= 0.3 is 0 Å². The minimum Gasteiger partial charge on any atom is -0.336 e. The molecular weight excluding hydrogens is 200 g/mol. The summed E-state index contributed by atoms with van der Waals surface area (Å²) in [5, 5.41) is 9.04. The summed E-state index contributed by atoms with van der Waals surface area (Å²) in [5.74, 6) is -0.374. The van der Waals surface area contributed by atoms with Crippen molar-refractivity contribution in [2.45, 2.75) is 65.0 Å². The van der Waals surface area contributed by atoms with Crippen molar-refractivity contribution in [1.82, 2.24) is 4.90 Å². The number of amides is 1. The van der Waals surface area contributed by atoms with Crippen molar-refractivity contribution in [3.8, 4) is 6.07 Å². The largest absolute Gasteiger partial charge is 0.336 e. The first-order valence-corrected chi connectivity index (χ1v) is 6.37. The summed E-state index contributed by atoms with van der Waals surface area (Å²) in [6.07, 6.45) is 4.75. The Bertz CT molecular complexity index is 282. The lowest BCUT2D eigenvalue weighted by Crippen LogP contribution is -2.42. The van der Waals surface area contributed by atoms with Crippen molar-refractivity contribution in [2.24, 2.45) is 5.92 Å². The first kappa shape index (κ1) is 13.0. The van der Waals surface area contributed by atoms with Gasteiger partial charge in [0.2, 0.25) is 5.91 Å². The fourth-order valence-electron chi connectivity index (χ4n) is 2.58. The third-order valence-corrected chi connectivity index (χ3v) is 3.54. The lowest BCUT2D eigenvalue weighted by atomic mass is 10.0. The van der Waals surface area contributed by atoms with Crippen molar-refractivity contribution in [3.05, 3.63) is 0 Å². The predicted molar refractivity (Wildman–Crippen MR) is 63.6 cm³/mol. The zero-order valence-electron chi connectivity index (χ0n) is 10.6. The Labute approximate surface area is 98.4 Å². The van der Waals surface area contributed by atoms with Gasteiger partial charge in [-0.15, -0.1) is 0 Å². The zero-order valence-corrected chi connectivity index (χ0v) is 10.6. The molecule has 1 aliphatic rings. The molecule has 1 heterocycles. The van der Waals surface area contributed by atoms with Crippen molar-refractivity contribution in [3.63, 3.8) is 0 Å². The molecule has 16 heavy (non-hydrogen) atoms. The Morgan fingerprint density at radius 2 is 2.19 bits per heavy atom.